The molecule has 0 atom stereocenters. The molecule has 0 unspecified atom stereocenters. The molecule has 0 radical (unpaired) electrons. The number of ether oxygens (including phenoxy) is 3. The van der Waals surface area contributed by atoms with Gasteiger partial charge in [-0.25, -0.2) is 0 Å². The van der Waals surface area contributed by atoms with Gasteiger partial charge in [0.2, 0.25) is 0 Å². The standard InChI is InChI=1S/C21H21O3PS3/c1-22-16-4-10-19(11-5-16)26-25(27-20-12-6-17(23-2)7-13-20)28-21-14-8-18(24-3)9-15-21/h4-15H,1-3H3. The van der Waals surface area contributed by atoms with E-state index in [1.54, 1.807) is 21.3 Å². The third kappa shape index (κ3) is 6.28. The van der Waals surface area contributed by atoms with Crippen molar-refractivity contribution in [2.75, 3.05) is 21.3 Å². The SMILES string of the molecule is COc1ccc(SP(Sc2ccc(OC)cc2)Sc2ccc(OC)cc2)cc1. The van der Waals surface area contributed by atoms with Crippen LogP contribution >= 0.6 is 39.7 Å². The van der Waals surface area contributed by atoms with Crippen LogP contribution in [0.2, 0.25) is 0 Å². The van der Waals surface area contributed by atoms with Gasteiger partial charge in [-0.2, -0.15) is 0 Å². The summed E-state index contributed by atoms with van der Waals surface area (Å²) in [7, 11) is 5.07. The van der Waals surface area contributed by atoms with Gasteiger partial charge in [0.1, 0.15) is 17.2 Å². The Kier molecular flexibility index (Phi) is 8.28. The summed E-state index contributed by atoms with van der Waals surface area (Å²) in [4.78, 5) is 3.69. The molecule has 146 valence electrons. The van der Waals surface area contributed by atoms with Gasteiger partial charge < -0.3 is 14.2 Å². The topological polar surface area (TPSA) is 27.7 Å². The van der Waals surface area contributed by atoms with E-state index in [1.807, 2.05) is 70.5 Å². The van der Waals surface area contributed by atoms with Crippen LogP contribution in [0.15, 0.2) is 87.5 Å². The van der Waals surface area contributed by atoms with Crippen LogP contribution in [0.5, 0.6) is 17.2 Å². The van der Waals surface area contributed by atoms with E-state index < -0.39 is 5.53 Å². The number of rotatable bonds is 9. The second kappa shape index (κ2) is 10.9. The van der Waals surface area contributed by atoms with E-state index >= 15 is 0 Å². The molecule has 0 aliphatic carbocycles. The van der Waals surface area contributed by atoms with Gasteiger partial charge in [0, 0.05) is 14.7 Å². The second-order valence-electron chi connectivity index (χ2n) is 5.52. The summed E-state index contributed by atoms with van der Waals surface area (Å²) in [5.41, 5.74) is -0.504. The second-order valence-corrected chi connectivity index (χ2v) is 14.9. The van der Waals surface area contributed by atoms with Crippen LogP contribution in [0.4, 0.5) is 0 Å². The predicted octanol–water partition coefficient (Wildman–Crippen LogP) is 7.62. The fraction of sp³-hybridized carbons (Fsp3) is 0.143. The molecule has 0 N–H and O–H groups in total. The van der Waals surface area contributed by atoms with Crippen molar-refractivity contribution in [1.29, 1.82) is 0 Å². The van der Waals surface area contributed by atoms with Crippen LogP contribution in [0.25, 0.3) is 0 Å². The van der Waals surface area contributed by atoms with Crippen LogP contribution in [-0.2, 0) is 0 Å². The first-order valence-electron chi connectivity index (χ1n) is 8.46. The van der Waals surface area contributed by atoms with Crippen molar-refractivity contribution in [3.63, 3.8) is 0 Å². The maximum Gasteiger partial charge on any atom is 0.118 e. The van der Waals surface area contributed by atoms with Gasteiger partial charge in [0.05, 0.1) is 26.9 Å². The lowest BCUT2D eigenvalue weighted by Crippen LogP contribution is -1.81. The maximum absolute atomic E-state index is 5.27. The van der Waals surface area contributed by atoms with Gasteiger partial charge >= 0.3 is 0 Å². The third-order valence-corrected chi connectivity index (χ3v) is 12.9. The third-order valence-electron chi connectivity index (χ3n) is 3.72. The Morgan fingerprint density at radius 1 is 0.464 bits per heavy atom. The van der Waals surface area contributed by atoms with E-state index in [1.165, 1.54) is 14.7 Å². The van der Waals surface area contributed by atoms with E-state index in [0.29, 0.717) is 0 Å². The lowest BCUT2D eigenvalue weighted by molar-refractivity contribution is 0.414. The Bertz CT molecular complexity index is 738. The van der Waals surface area contributed by atoms with Crippen LogP contribution < -0.4 is 14.2 Å². The lowest BCUT2D eigenvalue weighted by atomic mass is 10.3. The average molecular weight is 449 g/mol. The molecule has 0 saturated heterocycles. The van der Waals surface area contributed by atoms with Crippen molar-refractivity contribution < 1.29 is 14.2 Å². The Labute approximate surface area is 179 Å². The number of hydrogen-bond acceptors (Lipinski definition) is 6. The molecule has 0 aliphatic rings. The molecule has 7 heteroatoms. The predicted molar refractivity (Wildman–Crippen MR) is 123 cm³/mol. The molecule has 0 heterocycles. The first-order valence-corrected chi connectivity index (χ1v) is 14.1. The zero-order valence-corrected chi connectivity index (χ0v) is 19.2. The fourth-order valence-corrected chi connectivity index (χ4v) is 12.3. The van der Waals surface area contributed by atoms with E-state index in [9.17, 15) is 0 Å². The quantitative estimate of drug-likeness (QED) is 0.313. The number of methoxy groups -OCH3 is 3. The van der Waals surface area contributed by atoms with Gasteiger partial charge in [0.15, 0.2) is 0 Å². The van der Waals surface area contributed by atoms with E-state index in [0.717, 1.165) is 17.2 Å². The Morgan fingerprint density at radius 3 is 0.929 bits per heavy atom. The molecule has 3 aromatic carbocycles. The first-order chi connectivity index (χ1) is 13.7. The lowest BCUT2D eigenvalue weighted by Gasteiger charge is -2.16. The first kappa shape index (κ1) is 21.3. The van der Waals surface area contributed by atoms with Crippen molar-refractivity contribution in [2.24, 2.45) is 0 Å². The molecule has 3 rings (SSSR count). The molecule has 0 aromatic heterocycles. The molecule has 3 aromatic rings. The minimum atomic E-state index is -0.504. The van der Waals surface area contributed by atoms with Crippen molar-refractivity contribution in [3.05, 3.63) is 72.8 Å². The summed E-state index contributed by atoms with van der Waals surface area (Å²) in [6, 6.07) is 24.7. The molecule has 0 spiro atoms. The molecular formula is C21H21O3PS3. The molecular weight excluding hydrogens is 427 g/mol. The van der Waals surface area contributed by atoms with E-state index in [-0.39, 0.29) is 0 Å². The smallest absolute Gasteiger partial charge is 0.118 e. The maximum atomic E-state index is 5.27. The van der Waals surface area contributed by atoms with Crippen LogP contribution in [-0.4, -0.2) is 21.3 Å². The zero-order chi connectivity index (χ0) is 19.8. The zero-order valence-electron chi connectivity index (χ0n) is 15.8. The van der Waals surface area contributed by atoms with Gasteiger partial charge in [-0.3, -0.25) is 0 Å². The fourth-order valence-electron chi connectivity index (χ4n) is 2.22. The summed E-state index contributed by atoms with van der Waals surface area (Å²) in [6.07, 6.45) is 0. The molecule has 0 aliphatic heterocycles. The molecule has 0 bridgehead atoms. The highest BCUT2D eigenvalue weighted by Crippen LogP contribution is 2.75. The number of benzene rings is 3. The van der Waals surface area contributed by atoms with Crippen LogP contribution in [0.1, 0.15) is 0 Å². The summed E-state index contributed by atoms with van der Waals surface area (Å²) in [5, 5.41) is 0. The summed E-state index contributed by atoms with van der Waals surface area (Å²) in [5.74, 6) is 2.62. The Hall–Kier alpha value is -1.46. The molecule has 28 heavy (non-hydrogen) atoms. The summed E-state index contributed by atoms with van der Waals surface area (Å²) in [6.45, 7) is 0. The summed E-state index contributed by atoms with van der Waals surface area (Å²) < 4.78 is 15.8. The molecule has 0 fully saturated rings. The average Bonchev–Trinajstić information content (AvgIpc) is 2.75. The monoisotopic (exact) mass is 448 g/mol. The highest BCUT2D eigenvalue weighted by molar-refractivity contribution is 9.12. The normalized spacial score (nSPS) is 10.7. The highest BCUT2D eigenvalue weighted by atomic mass is 33.4. The Balaban J connectivity index is 1.76. The van der Waals surface area contributed by atoms with Gasteiger partial charge in [0.25, 0.3) is 0 Å². The van der Waals surface area contributed by atoms with Crippen molar-refractivity contribution in [1.82, 2.24) is 0 Å². The molecule has 0 amide bonds. The van der Waals surface area contributed by atoms with Crippen molar-refractivity contribution in [2.45, 2.75) is 14.7 Å². The van der Waals surface area contributed by atoms with Crippen LogP contribution in [0, 0.1) is 0 Å². The van der Waals surface area contributed by atoms with Gasteiger partial charge in [-0.05, 0) is 72.8 Å². The highest BCUT2D eigenvalue weighted by Gasteiger charge is 2.15. The summed E-state index contributed by atoms with van der Waals surface area (Å²) >= 11 is 5.67. The van der Waals surface area contributed by atoms with Crippen LogP contribution in [0.3, 0.4) is 0 Å². The van der Waals surface area contributed by atoms with E-state index in [2.05, 4.69) is 36.4 Å². The Morgan fingerprint density at radius 2 is 0.714 bits per heavy atom. The minimum absolute atomic E-state index is 0.504. The van der Waals surface area contributed by atoms with Crippen molar-refractivity contribution in [3.8, 4) is 17.2 Å². The largest absolute Gasteiger partial charge is 0.497 e. The van der Waals surface area contributed by atoms with Gasteiger partial charge in [-0.15, -0.1) is 0 Å². The number of hydrogen-bond donors (Lipinski definition) is 0. The molecule has 3 nitrogen and oxygen atoms in total. The van der Waals surface area contributed by atoms with Gasteiger partial charge in [-0.1, -0.05) is 34.1 Å². The minimum Gasteiger partial charge on any atom is -0.497 e. The van der Waals surface area contributed by atoms with E-state index in [4.69, 9.17) is 14.2 Å². The molecule has 0 saturated carbocycles. The van der Waals surface area contributed by atoms with Crippen molar-refractivity contribution >= 4 is 39.7 Å².